The third-order valence-electron chi connectivity index (χ3n) is 5.33. The van der Waals surface area contributed by atoms with Crippen LogP contribution in [0.15, 0.2) is 48.8 Å². The molecule has 0 saturated carbocycles. The molecule has 0 atom stereocenters. The maximum absolute atomic E-state index is 14.0. The molecule has 2 heterocycles. The van der Waals surface area contributed by atoms with Gasteiger partial charge in [0.2, 0.25) is 17.7 Å². The SMILES string of the molecule is CCc1cnc(Nc2cc([N+](=O)[O-])c(F)cc2OC)nc1-c1cn(CC(N)=O)c2ccccc12. The summed E-state index contributed by atoms with van der Waals surface area (Å²) in [5.74, 6) is -1.29. The van der Waals surface area contributed by atoms with E-state index in [0.717, 1.165) is 34.2 Å². The molecule has 4 rings (SSSR count). The van der Waals surface area contributed by atoms with Crippen LogP contribution in [0.4, 0.5) is 21.7 Å². The minimum atomic E-state index is -1.02. The average molecular weight is 464 g/mol. The van der Waals surface area contributed by atoms with Gasteiger partial charge >= 0.3 is 5.69 Å². The third-order valence-corrected chi connectivity index (χ3v) is 5.33. The second kappa shape index (κ2) is 9.14. The van der Waals surface area contributed by atoms with Gasteiger partial charge in [0.15, 0.2) is 0 Å². The first-order chi connectivity index (χ1) is 16.3. The summed E-state index contributed by atoms with van der Waals surface area (Å²) in [4.78, 5) is 30.9. The summed E-state index contributed by atoms with van der Waals surface area (Å²) in [5.41, 5.74) is 7.92. The van der Waals surface area contributed by atoms with Crippen LogP contribution in [0.3, 0.4) is 0 Å². The Labute approximate surface area is 193 Å². The number of ether oxygens (including phenoxy) is 1. The Kier molecular flexibility index (Phi) is 6.09. The number of primary amides is 1. The second-order valence-corrected chi connectivity index (χ2v) is 7.46. The quantitative estimate of drug-likeness (QED) is 0.297. The molecule has 0 unspecified atom stereocenters. The Balaban J connectivity index is 1.83. The van der Waals surface area contributed by atoms with E-state index in [1.54, 1.807) is 10.8 Å². The number of hydrogen-bond donors (Lipinski definition) is 2. The number of amides is 1. The normalized spacial score (nSPS) is 10.9. The molecule has 2 aromatic heterocycles. The molecule has 11 heteroatoms. The minimum Gasteiger partial charge on any atom is -0.494 e. The number of carbonyl (C=O) groups excluding carboxylic acids is 1. The topological polar surface area (TPSA) is 138 Å². The number of nitrogens with two attached hydrogens (primary N) is 1. The molecule has 0 radical (unpaired) electrons. The number of halogens is 1. The number of carbonyl (C=O) groups is 1. The van der Waals surface area contributed by atoms with Crippen molar-refractivity contribution in [2.75, 3.05) is 12.4 Å². The fourth-order valence-corrected chi connectivity index (χ4v) is 3.76. The predicted molar refractivity (Wildman–Crippen MR) is 124 cm³/mol. The molecule has 2 aromatic carbocycles. The number of rotatable bonds is 8. The number of para-hydroxylation sites is 1. The lowest BCUT2D eigenvalue weighted by atomic mass is 10.0. The Bertz CT molecular complexity index is 1420. The molecular formula is C23H21FN6O4. The van der Waals surface area contributed by atoms with Crippen molar-refractivity contribution in [2.45, 2.75) is 19.9 Å². The van der Waals surface area contributed by atoms with E-state index in [9.17, 15) is 19.3 Å². The molecule has 0 bridgehead atoms. The number of hydrogen-bond acceptors (Lipinski definition) is 7. The predicted octanol–water partition coefficient (Wildman–Crippen LogP) is 3.95. The van der Waals surface area contributed by atoms with E-state index in [-0.39, 0.29) is 23.9 Å². The summed E-state index contributed by atoms with van der Waals surface area (Å²) < 4.78 is 20.9. The summed E-state index contributed by atoms with van der Waals surface area (Å²) >= 11 is 0. The molecule has 0 aliphatic rings. The van der Waals surface area contributed by atoms with E-state index in [0.29, 0.717) is 12.1 Å². The standard InChI is InChI=1S/C23H21FN6O4/c1-3-13-10-26-23(27-17-9-19(30(32)33)16(24)8-20(17)34-2)28-22(13)15-11-29(12-21(25)31)18-7-5-4-6-14(15)18/h4-11H,3,12H2,1-2H3,(H2,25,31)(H,26,27,28). The summed E-state index contributed by atoms with van der Waals surface area (Å²) in [6.07, 6.45) is 4.09. The van der Waals surface area contributed by atoms with Crippen LogP contribution in [0, 0.1) is 15.9 Å². The number of nitro benzene ring substituents is 1. The molecule has 0 aliphatic carbocycles. The van der Waals surface area contributed by atoms with Crippen molar-refractivity contribution in [1.82, 2.24) is 14.5 Å². The van der Waals surface area contributed by atoms with Gasteiger partial charge < -0.3 is 20.4 Å². The first-order valence-electron chi connectivity index (χ1n) is 10.3. The van der Waals surface area contributed by atoms with Crippen LogP contribution >= 0.6 is 0 Å². The highest BCUT2D eigenvalue weighted by Crippen LogP contribution is 2.35. The maximum Gasteiger partial charge on any atom is 0.307 e. The van der Waals surface area contributed by atoms with Gasteiger partial charge in [0.1, 0.15) is 12.3 Å². The van der Waals surface area contributed by atoms with Gasteiger partial charge in [-0.05, 0) is 18.1 Å². The minimum absolute atomic E-state index is 0.00854. The third kappa shape index (κ3) is 4.22. The Hall–Kier alpha value is -4.54. The number of fused-ring (bicyclic) bond motifs is 1. The van der Waals surface area contributed by atoms with Crippen molar-refractivity contribution >= 4 is 34.1 Å². The Morgan fingerprint density at radius 3 is 2.76 bits per heavy atom. The molecule has 4 aromatic rings. The van der Waals surface area contributed by atoms with Crippen LogP contribution < -0.4 is 15.8 Å². The van der Waals surface area contributed by atoms with E-state index in [1.807, 2.05) is 37.4 Å². The van der Waals surface area contributed by atoms with Crippen molar-refractivity contribution in [3.63, 3.8) is 0 Å². The highest BCUT2D eigenvalue weighted by molar-refractivity contribution is 5.96. The van der Waals surface area contributed by atoms with Crippen LogP contribution in [0.25, 0.3) is 22.2 Å². The van der Waals surface area contributed by atoms with Crippen LogP contribution in [0.2, 0.25) is 0 Å². The fourth-order valence-electron chi connectivity index (χ4n) is 3.76. The van der Waals surface area contributed by atoms with Crippen molar-refractivity contribution in [2.24, 2.45) is 5.73 Å². The number of methoxy groups -OCH3 is 1. The summed E-state index contributed by atoms with van der Waals surface area (Å²) in [6.45, 7) is 1.97. The highest BCUT2D eigenvalue weighted by atomic mass is 19.1. The molecule has 0 fully saturated rings. The van der Waals surface area contributed by atoms with Gasteiger partial charge in [-0.25, -0.2) is 9.97 Å². The average Bonchev–Trinajstić information content (AvgIpc) is 3.17. The molecule has 34 heavy (non-hydrogen) atoms. The van der Waals surface area contributed by atoms with Gasteiger partial charge in [-0.15, -0.1) is 0 Å². The molecule has 3 N–H and O–H groups in total. The van der Waals surface area contributed by atoms with Gasteiger partial charge in [0.05, 0.1) is 23.4 Å². The van der Waals surface area contributed by atoms with Crippen molar-refractivity contribution in [3.8, 4) is 17.0 Å². The lowest BCUT2D eigenvalue weighted by molar-refractivity contribution is -0.387. The number of aromatic nitrogens is 3. The molecule has 10 nitrogen and oxygen atoms in total. The van der Waals surface area contributed by atoms with Crippen LogP contribution in [-0.4, -0.2) is 32.5 Å². The lowest BCUT2D eigenvalue weighted by Gasteiger charge is -2.12. The largest absolute Gasteiger partial charge is 0.494 e. The highest BCUT2D eigenvalue weighted by Gasteiger charge is 2.21. The Morgan fingerprint density at radius 2 is 2.09 bits per heavy atom. The van der Waals surface area contributed by atoms with Crippen molar-refractivity contribution in [1.29, 1.82) is 0 Å². The smallest absolute Gasteiger partial charge is 0.307 e. The zero-order chi connectivity index (χ0) is 24.4. The number of nitrogens with one attached hydrogen (secondary N) is 1. The number of anilines is 2. The number of nitro groups is 1. The van der Waals surface area contributed by atoms with E-state index < -0.39 is 22.3 Å². The van der Waals surface area contributed by atoms with Crippen LogP contribution in [-0.2, 0) is 17.8 Å². The van der Waals surface area contributed by atoms with E-state index in [4.69, 9.17) is 10.5 Å². The molecule has 0 spiro atoms. The zero-order valence-electron chi connectivity index (χ0n) is 18.4. The number of aryl methyl sites for hydroxylation is 1. The Morgan fingerprint density at radius 1 is 1.32 bits per heavy atom. The number of benzene rings is 2. The van der Waals surface area contributed by atoms with E-state index in [1.165, 1.54) is 7.11 Å². The first kappa shape index (κ1) is 22.6. The first-order valence-corrected chi connectivity index (χ1v) is 10.3. The number of nitrogens with zero attached hydrogens (tertiary/aromatic N) is 4. The lowest BCUT2D eigenvalue weighted by Crippen LogP contribution is -2.17. The second-order valence-electron chi connectivity index (χ2n) is 7.46. The molecular weight excluding hydrogens is 443 g/mol. The van der Waals surface area contributed by atoms with Gasteiger partial charge in [0.25, 0.3) is 0 Å². The van der Waals surface area contributed by atoms with Gasteiger partial charge in [0, 0.05) is 41.0 Å². The van der Waals surface area contributed by atoms with E-state index in [2.05, 4.69) is 15.3 Å². The monoisotopic (exact) mass is 464 g/mol. The summed E-state index contributed by atoms with van der Waals surface area (Å²) in [7, 11) is 1.33. The van der Waals surface area contributed by atoms with E-state index >= 15 is 0 Å². The molecule has 0 saturated heterocycles. The van der Waals surface area contributed by atoms with Crippen molar-refractivity contribution < 1.29 is 18.8 Å². The molecule has 1 amide bonds. The molecule has 174 valence electrons. The van der Waals surface area contributed by atoms with Crippen molar-refractivity contribution in [3.05, 3.63) is 70.3 Å². The summed E-state index contributed by atoms with van der Waals surface area (Å²) in [6, 6.07) is 9.52. The van der Waals surface area contributed by atoms with Crippen LogP contribution in [0.1, 0.15) is 12.5 Å². The maximum atomic E-state index is 14.0. The zero-order valence-corrected chi connectivity index (χ0v) is 18.4. The van der Waals surface area contributed by atoms with Gasteiger partial charge in [-0.3, -0.25) is 14.9 Å². The molecule has 0 aliphatic heterocycles. The van der Waals surface area contributed by atoms with Crippen LogP contribution in [0.5, 0.6) is 5.75 Å². The van der Waals surface area contributed by atoms with Gasteiger partial charge in [-0.2, -0.15) is 4.39 Å². The summed E-state index contributed by atoms with van der Waals surface area (Å²) in [5, 5.41) is 15.0. The fraction of sp³-hybridized carbons (Fsp3) is 0.174. The van der Waals surface area contributed by atoms with Gasteiger partial charge in [-0.1, -0.05) is 25.1 Å².